The van der Waals surface area contributed by atoms with Gasteiger partial charge in [-0.25, -0.2) is 0 Å². The summed E-state index contributed by atoms with van der Waals surface area (Å²) in [4.78, 5) is 12.0. The highest BCUT2D eigenvalue weighted by molar-refractivity contribution is 6.34. The smallest absolute Gasteiger partial charge is 0.255 e. The van der Waals surface area contributed by atoms with Crippen LogP contribution >= 0.6 is 11.6 Å². The molecule has 19 heavy (non-hydrogen) atoms. The molecule has 0 aromatic heterocycles. The second-order valence-corrected chi connectivity index (χ2v) is 4.62. The Balaban J connectivity index is 2.25. The quantitative estimate of drug-likeness (QED) is 0.890. The average molecular weight is 275 g/mol. The fourth-order valence-electron chi connectivity index (χ4n) is 1.83. The molecule has 0 saturated heterocycles. The van der Waals surface area contributed by atoms with Gasteiger partial charge in [0.15, 0.2) is 0 Å². The summed E-state index contributed by atoms with van der Waals surface area (Å²) >= 11 is 6.16. The molecule has 3 nitrogen and oxygen atoms in total. The molecule has 0 bridgehead atoms. The van der Waals surface area contributed by atoms with Gasteiger partial charge < -0.3 is 10.6 Å². The van der Waals surface area contributed by atoms with Crippen molar-refractivity contribution in [2.45, 2.75) is 6.92 Å². The molecule has 0 aliphatic rings. The first kappa shape index (κ1) is 13.4. The van der Waals surface area contributed by atoms with E-state index >= 15 is 0 Å². The van der Waals surface area contributed by atoms with Gasteiger partial charge in [-0.1, -0.05) is 29.8 Å². The second kappa shape index (κ2) is 5.76. The van der Waals surface area contributed by atoms with Crippen LogP contribution in [-0.4, -0.2) is 13.0 Å². The summed E-state index contributed by atoms with van der Waals surface area (Å²) in [7, 11) is 1.83. The van der Waals surface area contributed by atoms with Crippen LogP contribution in [0.1, 0.15) is 15.9 Å². The van der Waals surface area contributed by atoms with Gasteiger partial charge in [0, 0.05) is 18.3 Å². The van der Waals surface area contributed by atoms with Gasteiger partial charge in [0.25, 0.3) is 5.91 Å². The predicted molar refractivity (Wildman–Crippen MR) is 80.1 cm³/mol. The van der Waals surface area contributed by atoms with Crippen molar-refractivity contribution in [2.24, 2.45) is 0 Å². The van der Waals surface area contributed by atoms with Gasteiger partial charge in [0.05, 0.1) is 10.7 Å². The molecule has 0 saturated carbocycles. The predicted octanol–water partition coefficient (Wildman–Crippen LogP) is 3.94. The number of halogens is 1. The molecule has 0 heterocycles. The molecule has 4 heteroatoms. The maximum atomic E-state index is 12.0. The van der Waals surface area contributed by atoms with E-state index in [2.05, 4.69) is 10.6 Å². The molecular weight excluding hydrogens is 260 g/mol. The van der Waals surface area contributed by atoms with Crippen LogP contribution in [0.2, 0.25) is 5.02 Å². The number of hydrogen-bond acceptors (Lipinski definition) is 2. The third kappa shape index (κ3) is 3.06. The monoisotopic (exact) mass is 274 g/mol. The summed E-state index contributed by atoms with van der Waals surface area (Å²) in [5.41, 5.74) is 3.19. The zero-order valence-electron chi connectivity index (χ0n) is 10.8. The molecule has 0 fully saturated rings. The van der Waals surface area contributed by atoms with E-state index in [0.717, 1.165) is 11.3 Å². The molecule has 2 rings (SSSR count). The van der Waals surface area contributed by atoms with E-state index in [1.165, 1.54) is 0 Å². The van der Waals surface area contributed by atoms with Crippen molar-refractivity contribution in [1.29, 1.82) is 0 Å². The molecule has 0 unspecified atom stereocenters. The standard InChI is InChI=1S/C15H15ClN2O/c1-10-8-14(12(16)9-13(10)17-2)18-15(19)11-6-4-3-5-7-11/h3-9,17H,1-2H3,(H,18,19). The topological polar surface area (TPSA) is 41.1 Å². The van der Waals surface area contributed by atoms with E-state index in [4.69, 9.17) is 11.6 Å². The van der Waals surface area contributed by atoms with Gasteiger partial charge in [0.2, 0.25) is 0 Å². The number of hydrogen-bond donors (Lipinski definition) is 2. The molecule has 0 radical (unpaired) electrons. The highest BCUT2D eigenvalue weighted by Crippen LogP contribution is 2.29. The lowest BCUT2D eigenvalue weighted by Gasteiger charge is -2.11. The van der Waals surface area contributed by atoms with Crippen LogP contribution in [0.3, 0.4) is 0 Å². The van der Waals surface area contributed by atoms with E-state index in [1.807, 2.05) is 38.2 Å². The Morgan fingerprint density at radius 3 is 2.42 bits per heavy atom. The van der Waals surface area contributed by atoms with Crippen molar-refractivity contribution in [3.8, 4) is 0 Å². The highest BCUT2D eigenvalue weighted by atomic mass is 35.5. The van der Waals surface area contributed by atoms with Gasteiger partial charge in [-0.3, -0.25) is 4.79 Å². The lowest BCUT2D eigenvalue weighted by Crippen LogP contribution is -2.12. The number of rotatable bonds is 3. The fraction of sp³-hybridized carbons (Fsp3) is 0.133. The number of benzene rings is 2. The summed E-state index contributed by atoms with van der Waals surface area (Å²) in [6, 6.07) is 12.7. The minimum Gasteiger partial charge on any atom is -0.388 e. The van der Waals surface area contributed by atoms with Crippen LogP contribution in [0.4, 0.5) is 11.4 Å². The minimum atomic E-state index is -0.167. The third-order valence-corrected chi connectivity index (χ3v) is 3.18. The maximum Gasteiger partial charge on any atom is 0.255 e. The normalized spacial score (nSPS) is 10.1. The number of anilines is 2. The van der Waals surface area contributed by atoms with E-state index in [1.54, 1.807) is 18.2 Å². The molecule has 1 amide bonds. The van der Waals surface area contributed by atoms with Crippen molar-refractivity contribution in [3.05, 3.63) is 58.6 Å². The zero-order chi connectivity index (χ0) is 13.8. The number of aryl methyl sites for hydroxylation is 1. The Morgan fingerprint density at radius 2 is 1.79 bits per heavy atom. The summed E-state index contributed by atoms with van der Waals surface area (Å²) in [5, 5.41) is 6.38. The van der Waals surface area contributed by atoms with Crippen molar-refractivity contribution >= 4 is 28.9 Å². The Morgan fingerprint density at radius 1 is 1.11 bits per heavy atom. The first-order valence-electron chi connectivity index (χ1n) is 5.96. The largest absolute Gasteiger partial charge is 0.388 e. The molecular formula is C15H15ClN2O. The van der Waals surface area contributed by atoms with Crippen LogP contribution in [0.15, 0.2) is 42.5 Å². The zero-order valence-corrected chi connectivity index (χ0v) is 11.6. The van der Waals surface area contributed by atoms with Gasteiger partial charge in [-0.2, -0.15) is 0 Å². The van der Waals surface area contributed by atoms with Crippen LogP contribution in [-0.2, 0) is 0 Å². The van der Waals surface area contributed by atoms with E-state index in [-0.39, 0.29) is 5.91 Å². The van der Waals surface area contributed by atoms with E-state index in [9.17, 15) is 4.79 Å². The maximum absolute atomic E-state index is 12.0. The molecule has 2 aromatic rings. The lowest BCUT2D eigenvalue weighted by atomic mass is 10.1. The van der Waals surface area contributed by atoms with Crippen molar-refractivity contribution in [2.75, 3.05) is 17.7 Å². The molecule has 2 aromatic carbocycles. The van der Waals surface area contributed by atoms with Gasteiger partial charge in [0.1, 0.15) is 0 Å². The first-order chi connectivity index (χ1) is 9.11. The SMILES string of the molecule is CNc1cc(Cl)c(NC(=O)c2ccccc2)cc1C. The summed E-state index contributed by atoms with van der Waals surface area (Å²) < 4.78 is 0. The highest BCUT2D eigenvalue weighted by Gasteiger charge is 2.10. The Hall–Kier alpha value is -2.00. The second-order valence-electron chi connectivity index (χ2n) is 4.22. The van der Waals surface area contributed by atoms with Crippen LogP contribution in [0, 0.1) is 6.92 Å². The van der Waals surface area contributed by atoms with Crippen LogP contribution < -0.4 is 10.6 Å². The number of nitrogens with one attached hydrogen (secondary N) is 2. The van der Waals surface area contributed by atoms with Gasteiger partial charge in [-0.05, 0) is 36.8 Å². The third-order valence-electron chi connectivity index (χ3n) is 2.87. The minimum absolute atomic E-state index is 0.167. The Kier molecular flexibility index (Phi) is 4.07. The van der Waals surface area contributed by atoms with Crippen molar-refractivity contribution < 1.29 is 4.79 Å². The molecule has 0 aliphatic heterocycles. The fourth-order valence-corrected chi connectivity index (χ4v) is 2.04. The Labute approximate surface area is 117 Å². The first-order valence-corrected chi connectivity index (χ1v) is 6.34. The molecule has 0 spiro atoms. The van der Waals surface area contributed by atoms with Gasteiger partial charge >= 0.3 is 0 Å². The van der Waals surface area contributed by atoms with E-state index < -0.39 is 0 Å². The van der Waals surface area contributed by atoms with Gasteiger partial charge in [-0.15, -0.1) is 0 Å². The number of carbonyl (C=O) groups excluding carboxylic acids is 1. The molecule has 98 valence electrons. The van der Waals surface area contributed by atoms with Crippen LogP contribution in [0.5, 0.6) is 0 Å². The van der Waals surface area contributed by atoms with E-state index in [0.29, 0.717) is 16.3 Å². The van der Waals surface area contributed by atoms with Crippen molar-refractivity contribution in [1.82, 2.24) is 0 Å². The summed E-state index contributed by atoms with van der Waals surface area (Å²) in [5.74, 6) is -0.167. The number of amides is 1. The average Bonchev–Trinajstić information content (AvgIpc) is 2.43. The summed E-state index contributed by atoms with van der Waals surface area (Å²) in [6.07, 6.45) is 0. The lowest BCUT2D eigenvalue weighted by molar-refractivity contribution is 0.102. The van der Waals surface area contributed by atoms with Crippen LogP contribution in [0.25, 0.3) is 0 Å². The molecule has 2 N–H and O–H groups in total. The molecule has 0 aliphatic carbocycles. The van der Waals surface area contributed by atoms with Crippen molar-refractivity contribution in [3.63, 3.8) is 0 Å². The molecule has 0 atom stereocenters. The number of carbonyl (C=O) groups is 1. The summed E-state index contributed by atoms with van der Waals surface area (Å²) in [6.45, 7) is 1.96. The Bertz CT molecular complexity index is 597.